The maximum atomic E-state index is 10.7. The number of unbranched alkanes of at least 4 members (excludes halogenated alkanes) is 1. The fraction of sp³-hybridized carbons (Fsp3) is 0.467. The Kier molecular flexibility index (Phi) is 3.11. The molecule has 1 aromatic rings. The Morgan fingerprint density at radius 1 is 1.06 bits per heavy atom. The number of fused-ring (bicyclic) bond motifs is 1. The maximum absolute atomic E-state index is 10.7. The van der Waals surface area contributed by atoms with E-state index in [2.05, 4.69) is 6.92 Å². The summed E-state index contributed by atoms with van der Waals surface area (Å²) in [6, 6.07) is 7.59. The Hall–Kier alpha value is -1.12. The Morgan fingerprint density at radius 2 is 1.71 bits per heavy atom. The molecule has 0 bridgehead atoms. The van der Waals surface area contributed by atoms with E-state index in [1.807, 2.05) is 24.3 Å². The molecule has 0 amide bonds. The summed E-state index contributed by atoms with van der Waals surface area (Å²) in [7, 11) is 0. The molecule has 0 saturated carbocycles. The van der Waals surface area contributed by atoms with Crippen molar-refractivity contribution in [2.75, 3.05) is 0 Å². The first-order valence-electron chi connectivity index (χ1n) is 6.25. The Balaban J connectivity index is 2.46. The molecule has 1 aliphatic rings. The summed E-state index contributed by atoms with van der Waals surface area (Å²) in [5.41, 5.74) is -0.258. The van der Waals surface area contributed by atoms with Crippen molar-refractivity contribution in [3.8, 4) is 0 Å². The topological polar surface area (TPSA) is 40.5 Å². The second kappa shape index (κ2) is 4.28. The Labute approximate surface area is 103 Å². The van der Waals surface area contributed by atoms with E-state index in [9.17, 15) is 10.2 Å². The highest BCUT2D eigenvalue weighted by atomic mass is 16.3. The van der Waals surface area contributed by atoms with Crippen LogP contribution >= 0.6 is 0 Å². The van der Waals surface area contributed by atoms with Gasteiger partial charge in [0.25, 0.3) is 0 Å². The highest BCUT2D eigenvalue weighted by molar-refractivity contribution is 5.45. The summed E-state index contributed by atoms with van der Waals surface area (Å²) in [5.74, 6) is 0. The molecule has 1 aliphatic carbocycles. The molecule has 0 heterocycles. The van der Waals surface area contributed by atoms with Crippen molar-refractivity contribution in [2.45, 2.75) is 44.3 Å². The van der Waals surface area contributed by atoms with Crippen molar-refractivity contribution in [3.63, 3.8) is 0 Å². The Bertz CT molecular complexity index is 434. The number of hydrogen-bond acceptors (Lipinski definition) is 2. The largest absolute Gasteiger partial charge is 0.381 e. The zero-order chi connectivity index (χ0) is 12.5. The van der Waals surface area contributed by atoms with Crippen LogP contribution in [0.4, 0.5) is 0 Å². The van der Waals surface area contributed by atoms with Crippen LogP contribution in [0.1, 0.15) is 44.2 Å². The van der Waals surface area contributed by atoms with Crippen molar-refractivity contribution < 1.29 is 10.2 Å². The smallest absolute Gasteiger partial charge is 0.108 e. The Morgan fingerprint density at radius 3 is 2.35 bits per heavy atom. The standard InChI is InChI=1S/C15H20O2/c1-3-4-9-15(17)11-10-14(2,16)12-7-5-6-8-13(12)15/h5-8,10-11,16-17H,3-4,9H2,1-2H3. The normalized spacial score (nSPS) is 31.3. The molecule has 0 saturated heterocycles. The molecule has 92 valence electrons. The third kappa shape index (κ3) is 2.15. The molecule has 2 heteroatoms. The minimum absolute atomic E-state index is 0.701. The molecule has 0 fully saturated rings. The quantitative estimate of drug-likeness (QED) is 0.787. The lowest BCUT2D eigenvalue weighted by molar-refractivity contribution is 0.0469. The first-order chi connectivity index (χ1) is 7.99. The van der Waals surface area contributed by atoms with Crippen molar-refractivity contribution in [1.29, 1.82) is 0 Å². The van der Waals surface area contributed by atoms with Crippen LogP contribution in [0.15, 0.2) is 36.4 Å². The van der Waals surface area contributed by atoms with E-state index in [0.29, 0.717) is 6.42 Å². The van der Waals surface area contributed by atoms with Gasteiger partial charge in [-0.3, -0.25) is 0 Å². The van der Waals surface area contributed by atoms with Gasteiger partial charge < -0.3 is 10.2 Å². The maximum Gasteiger partial charge on any atom is 0.108 e. The second-order valence-corrected chi connectivity index (χ2v) is 5.05. The molecule has 2 N–H and O–H groups in total. The molecular weight excluding hydrogens is 212 g/mol. The van der Waals surface area contributed by atoms with Crippen LogP contribution in [0.5, 0.6) is 0 Å². The van der Waals surface area contributed by atoms with Crippen LogP contribution in [0.2, 0.25) is 0 Å². The lowest BCUT2D eigenvalue weighted by Crippen LogP contribution is -2.34. The fourth-order valence-corrected chi connectivity index (χ4v) is 2.45. The van der Waals surface area contributed by atoms with Gasteiger partial charge in [-0.15, -0.1) is 0 Å². The van der Waals surface area contributed by atoms with E-state index < -0.39 is 11.2 Å². The van der Waals surface area contributed by atoms with Crippen LogP contribution < -0.4 is 0 Å². The summed E-state index contributed by atoms with van der Waals surface area (Å²) >= 11 is 0. The van der Waals surface area contributed by atoms with Crippen LogP contribution in [-0.2, 0) is 11.2 Å². The summed E-state index contributed by atoms with van der Waals surface area (Å²) in [6.45, 7) is 3.86. The summed E-state index contributed by atoms with van der Waals surface area (Å²) in [6.07, 6.45) is 6.16. The van der Waals surface area contributed by atoms with E-state index >= 15 is 0 Å². The van der Waals surface area contributed by atoms with E-state index in [1.165, 1.54) is 0 Å². The molecule has 17 heavy (non-hydrogen) atoms. The number of hydrogen-bond donors (Lipinski definition) is 2. The predicted molar refractivity (Wildman–Crippen MR) is 68.6 cm³/mol. The third-order valence-corrected chi connectivity index (χ3v) is 3.53. The minimum atomic E-state index is -0.977. The van der Waals surface area contributed by atoms with Crippen molar-refractivity contribution in [1.82, 2.24) is 0 Å². The van der Waals surface area contributed by atoms with E-state index in [0.717, 1.165) is 24.0 Å². The van der Waals surface area contributed by atoms with E-state index in [-0.39, 0.29) is 0 Å². The van der Waals surface area contributed by atoms with Crippen LogP contribution in [0.25, 0.3) is 0 Å². The van der Waals surface area contributed by atoms with Gasteiger partial charge in [0.2, 0.25) is 0 Å². The van der Waals surface area contributed by atoms with Crippen molar-refractivity contribution in [2.24, 2.45) is 0 Å². The van der Waals surface area contributed by atoms with Gasteiger partial charge in [-0.2, -0.15) is 0 Å². The molecule has 0 spiro atoms. The molecule has 1 aromatic carbocycles. The molecule has 2 nitrogen and oxygen atoms in total. The SMILES string of the molecule is CCCCC1(O)C=CC(C)(O)c2ccccc21. The average molecular weight is 232 g/mol. The molecule has 2 atom stereocenters. The highest BCUT2D eigenvalue weighted by Crippen LogP contribution is 2.41. The average Bonchev–Trinajstić information content (AvgIpc) is 2.33. The first kappa shape index (κ1) is 12.3. The summed E-state index contributed by atoms with van der Waals surface area (Å²) < 4.78 is 0. The van der Waals surface area contributed by atoms with Crippen molar-refractivity contribution in [3.05, 3.63) is 47.5 Å². The van der Waals surface area contributed by atoms with Crippen molar-refractivity contribution >= 4 is 0 Å². The summed E-state index contributed by atoms with van der Waals surface area (Å²) in [5, 5.41) is 21.0. The molecule has 2 unspecified atom stereocenters. The van der Waals surface area contributed by atoms with Gasteiger partial charge in [-0.25, -0.2) is 0 Å². The van der Waals surface area contributed by atoms with Crippen LogP contribution in [0.3, 0.4) is 0 Å². The number of rotatable bonds is 3. The van der Waals surface area contributed by atoms with Gasteiger partial charge in [0.1, 0.15) is 11.2 Å². The van der Waals surface area contributed by atoms with Gasteiger partial charge >= 0.3 is 0 Å². The lowest BCUT2D eigenvalue weighted by Gasteiger charge is -2.36. The summed E-state index contributed by atoms with van der Waals surface area (Å²) in [4.78, 5) is 0. The predicted octanol–water partition coefficient (Wildman–Crippen LogP) is 2.84. The minimum Gasteiger partial charge on any atom is -0.381 e. The lowest BCUT2D eigenvalue weighted by atomic mass is 9.75. The van der Waals surface area contributed by atoms with Gasteiger partial charge in [-0.1, -0.05) is 44.0 Å². The van der Waals surface area contributed by atoms with Gasteiger partial charge in [0.15, 0.2) is 0 Å². The molecule has 2 rings (SSSR count). The van der Waals surface area contributed by atoms with Gasteiger partial charge in [0, 0.05) is 0 Å². The van der Waals surface area contributed by atoms with E-state index in [4.69, 9.17) is 0 Å². The van der Waals surface area contributed by atoms with Gasteiger partial charge in [-0.05, 0) is 36.6 Å². The zero-order valence-electron chi connectivity index (χ0n) is 10.5. The second-order valence-electron chi connectivity index (χ2n) is 5.05. The first-order valence-corrected chi connectivity index (χ1v) is 6.25. The van der Waals surface area contributed by atoms with E-state index in [1.54, 1.807) is 19.1 Å². The fourth-order valence-electron chi connectivity index (χ4n) is 2.45. The number of benzene rings is 1. The molecular formula is C15H20O2. The van der Waals surface area contributed by atoms with Crippen LogP contribution in [-0.4, -0.2) is 10.2 Å². The van der Waals surface area contributed by atoms with Crippen LogP contribution in [0, 0.1) is 0 Å². The zero-order valence-corrected chi connectivity index (χ0v) is 10.5. The molecule has 0 radical (unpaired) electrons. The molecule has 0 aliphatic heterocycles. The number of aliphatic hydroxyl groups is 2. The molecule has 0 aromatic heterocycles. The van der Waals surface area contributed by atoms with Gasteiger partial charge in [0.05, 0.1) is 0 Å². The third-order valence-electron chi connectivity index (χ3n) is 3.53. The monoisotopic (exact) mass is 232 g/mol. The highest BCUT2D eigenvalue weighted by Gasteiger charge is 2.37.